The summed E-state index contributed by atoms with van der Waals surface area (Å²) in [5.74, 6) is 0. The standard InChI is InChI=1S/C16H14F3O/c1-12-6-5-9-14(10-12)15(16(17,18)19)20-11-13-7-3-2-4-8-13/h2-10,15H,1,11H2. The van der Waals surface area contributed by atoms with Gasteiger partial charge in [0.1, 0.15) is 0 Å². The van der Waals surface area contributed by atoms with Crippen LogP contribution in [0.3, 0.4) is 0 Å². The molecule has 0 saturated carbocycles. The first kappa shape index (κ1) is 14.6. The van der Waals surface area contributed by atoms with E-state index in [4.69, 9.17) is 4.74 Å². The number of ether oxygens (including phenoxy) is 1. The van der Waals surface area contributed by atoms with E-state index in [0.717, 1.165) is 0 Å². The summed E-state index contributed by atoms with van der Waals surface area (Å²) in [5, 5.41) is 0. The van der Waals surface area contributed by atoms with E-state index in [1.807, 2.05) is 0 Å². The van der Waals surface area contributed by atoms with E-state index in [1.54, 1.807) is 42.5 Å². The molecular weight excluding hydrogens is 265 g/mol. The highest BCUT2D eigenvalue weighted by Gasteiger charge is 2.41. The molecule has 0 aliphatic rings. The van der Waals surface area contributed by atoms with Crippen LogP contribution in [0.5, 0.6) is 0 Å². The van der Waals surface area contributed by atoms with E-state index < -0.39 is 12.3 Å². The van der Waals surface area contributed by atoms with Crippen LogP contribution in [0.2, 0.25) is 0 Å². The van der Waals surface area contributed by atoms with Crippen molar-refractivity contribution in [3.8, 4) is 0 Å². The van der Waals surface area contributed by atoms with Crippen LogP contribution in [0, 0.1) is 6.92 Å². The second-order valence-corrected chi connectivity index (χ2v) is 4.46. The molecule has 2 aromatic carbocycles. The third kappa shape index (κ3) is 3.84. The van der Waals surface area contributed by atoms with Crippen LogP contribution in [-0.4, -0.2) is 6.18 Å². The van der Waals surface area contributed by atoms with Crippen molar-refractivity contribution in [2.75, 3.05) is 0 Å². The Morgan fingerprint density at radius 2 is 1.70 bits per heavy atom. The predicted octanol–water partition coefficient (Wildman–Crippen LogP) is 4.69. The number of hydrogen-bond acceptors (Lipinski definition) is 1. The van der Waals surface area contributed by atoms with E-state index in [9.17, 15) is 13.2 Å². The highest BCUT2D eigenvalue weighted by Crippen LogP contribution is 2.36. The molecule has 0 heterocycles. The second kappa shape index (κ2) is 6.09. The fourth-order valence-electron chi connectivity index (χ4n) is 1.89. The number of halogens is 3. The Hall–Kier alpha value is -1.81. The Morgan fingerprint density at radius 3 is 2.30 bits per heavy atom. The van der Waals surface area contributed by atoms with E-state index in [0.29, 0.717) is 11.1 Å². The summed E-state index contributed by atoms with van der Waals surface area (Å²) in [5.41, 5.74) is 1.30. The molecule has 1 atom stereocenters. The normalized spacial score (nSPS) is 13.2. The third-order valence-electron chi connectivity index (χ3n) is 2.81. The summed E-state index contributed by atoms with van der Waals surface area (Å²) in [6.07, 6.45) is -6.40. The minimum Gasteiger partial charge on any atom is -0.359 e. The molecule has 2 aromatic rings. The third-order valence-corrected chi connectivity index (χ3v) is 2.81. The van der Waals surface area contributed by atoms with Gasteiger partial charge in [-0.3, -0.25) is 0 Å². The van der Waals surface area contributed by atoms with Crippen molar-refractivity contribution >= 4 is 0 Å². The lowest BCUT2D eigenvalue weighted by molar-refractivity contribution is -0.227. The Kier molecular flexibility index (Phi) is 4.45. The quantitative estimate of drug-likeness (QED) is 0.789. The summed E-state index contributed by atoms with van der Waals surface area (Å²) in [6, 6.07) is 14.8. The van der Waals surface area contributed by atoms with Crippen molar-refractivity contribution < 1.29 is 17.9 Å². The van der Waals surface area contributed by atoms with Gasteiger partial charge in [0.25, 0.3) is 0 Å². The van der Waals surface area contributed by atoms with Crippen LogP contribution in [0.25, 0.3) is 0 Å². The van der Waals surface area contributed by atoms with Crippen LogP contribution in [-0.2, 0) is 11.3 Å². The van der Waals surface area contributed by atoms with E-state index in [2.05, 4.69) is 6.92 Å². The molecule has 2 rings (SSSR count). The summed E-state index contributed by atoms with van der Waals surface area (Å²) >= 11 is 0. The van der Waals surface area contributed by atoms with Gasteiger partial charge in [-0.05, 0) is 23.6 Å². The first-order valence-corrected chi connectivity index (χ1v) is 6.11. The lowest BCUT2D eigenvalue weighted by atomic mass is 10.1. The van der Waals surface area contributed by atoms with Gasteiger partial charge in [-0.15, -0.1) is 0 Å². The average molecular weight is 279 g/mol. The Morgan fingerprint density at radius 1 is 1.00 bits per heavy atom. The summed E-state index contributed by atoms with van der Waals surface area (Å²) in [4.78, 5) is 0. The van der Waals surface area contributed by atoms with Crippen molar-refractivity contribution in [1.82, 2.24) is 0 Å². The molecule has 1 radical (unpaired) electrons. The zero-order chi connectivity index (χ0) is 14.6. The van der Waals surface area contributed by atoms with Crippen molar-refractivity contribution in [3.05, 3.63) is 78.2 Å². The molecule has 0 aromatic heterocycles. The lowest BCUT2D eigenvalue weighted by Crippen LogP contribution is -2.23. The molecule has 0 N–H and O–H groups in total. The molecule has 0 bridgehead atoms. The van der Waals surface area contributed by atoms with Crippen LogP contribution >= 0.6 is 0 Å². The van der Waals surface area contributed by atoms with Gasteiger partial charge in [0, 0.05) is 0 Å². The Bertz CT molecular complexity index is 549. The summed E-state index contributed by atoms with van der Waals surface area (Å²) in [7, 11) is 0. The average Bonchev–Trinajstić information content (AvgIpc) is 2.39. The maximum Gasteiger partial charge on any atom is 0.418 e. The van der Waals surface area contributed by atoms with Crippen molar-refractivity contribution in [3.63, 3.8) is 0 Å². The monoisotopic (exact) mass is 279 g/mol. The van der Waals surface area contributed by atoms with Gasteiger partial charge >= 0.3 is 6.18 Å². The highest BCUT2D eigenvalue weighted by atomic mass is 19.4. The van der Waals surface area contributed by atoms with Crippen LogP contribution in [0.4, 0.5) is 13.2 Å². The van der Waals surface area contributed by atoms with E-state index >= 15 is 0 Å². The van der Waals surface area contributed by atoms with Crippen molar-refractivity contribution in [2.45, 2.75) is 18.9 Å². The van der Waals surface area contributed by atoms with Gasteiger partial charge < -0.3 is 4.74 Å². The largest absolute Gasteiger partial charge is 0.418 e. The molecule has 0 aliphatic heterocycles. The van der Waals surface area contributed by atoms with Crippen LogP contribution in [0.15, 0.2) is 54.6 Å². The Balaban J connectivity index is 2.17. The topological polar surface area (TPSA) is 9.23 Å². The van der Waals surface area contributed by atoms with Crippen molar-refractivity contribution in [2.24, 2.45) is 0 Å². The minimum atomic E-state index is -4.46. The highest BCUT2D eigenvalue weighted by molar-refractivity contribution is 5.28. The number of alkyl halides is 3. The minimum absolute atomic E-state index is 0.0703. The fourth-order valence-corrected chi connectivity index (χ4v) is 1.89. The molecule has 1 unspecified atom stereocenters. The molecule has 4 heteroatoms. The number of hydrogen-bond donors (Lipinski definition) is 0. The predicted molar refractivity (Wildman–Crippen MR) is 70.9 cm³/mol. The zero-order valence-electron chi connectivity index (χ0n) is 10.7. The molecule has 0 amide bonds. The van der Waals surface area contributed by atoms with Gasteiger partial charge in [-0.2, -0.15) is 13.2 Å². The zero-order valence-corrected chi connectivity index (χ0v) is 10.7. The van der Waals surface area contributed by atoms with Crippen LogP contribution in [0.1, 0.15) is 22.8 Å². The van der Waals surface area contributed by atoms with E-state index in [1.165, 1.54) is 12.1 Å². The fraction of sp³-hybridized carbons (Fsp3) is 0.188. The summed E-state index contributed by atoms with van der Waals surface area (Å²) in [6.45, 7) is 3.55. The lowest BCUT2D eigenvalue weighted by Gasteiger charge is -2.21. The first-order valence-electron chi connectivity index (χ1n) is 6.11. The van der Waals surface area contributed by atoms with Crippen molar-refractivity contribution in [1.29, 1.82) is 0 Å². The van der Waals surface area contributed by atoms with Gasteiger partial charge in [0.05, 0.1) is 6.61 Å². The molecule has 105 valence electrons. The number of benzene rings is 2. The molecule has 0 fully saturated rings. The first-order chi connectivity index (χ1) is 9.47. The molecule has 0 saturated heterocycles. The molecule has 1 nitrogen and oxygen atoms in total. The molecule has 0 spiro atoms. The number of rotatable bonds is 4. The van der Waals surface area contributed by atoms with Gasteiger partial charge in [0.2, 0.25) is 0 Å². The molecule has 20 heavy (non-hydrogen) atoms. The Labute approximate surface area is 116 Å². The second-order valence-electron chi connectivity index (χ2n) is 4.46. The smallest absolute Gasteiger partial charge is 0.359 e. The maximum absolute atomic E-state index is 13.1. The van der Waals surface area contributed by atoms with Gasteiger partial charge in [-0.1, -0.05) is 54.6 Å². The van der Waals surface area contributed by atoms with Crippen LogP contribution < -0.4 is 0 Å². The summed E-state index contributed by atoms with van der Waals surface area (Å²) < 4.78 is 44.4. The van der Waals surface area contributed by atoms with Gasteiger partial charge in [0.15, 0.2) is 6.10 Å². The maximum atomic E-state index is 13.1. The SMILES string of the molecule is [CH2]c1cccc(C(OCc2ccccc2)C(F)(F)F)c1. The van der Waals surface area contributed by atoms with E-state index in [-0.39, 0.29) is 12.2 Å². The molecular formula is C16H14F3O. The van der Waals surface area contributed by atoms with Gasteiger partial charge in [-0.25, -0.2) is 0 Å². The molecule has 0 aliphatic carbocycles.